The van der Waals surface area contributed by atoms with Crippen molar-refractivity contribution in [1.82, 2.24) is 9.80 Å². The predicted octanol–water partition coefficient (Wildman–Crippen LogP) is 15.5. The number of nitriles is 1. The molecule has 354 valence electrons. The van der Waals surface area contributed by atoms with E-state index in [-0.39, 0.29) is 29.2 Å². The maximum Gasteiger partial charge on any atom is 0.346 e. The lowest BCUT2D eigenvalue weighted by molar-refractivity contribution is -0.132. The fourth-order valence-corrected chi connectivity index (χ4v) is 12.5. The molecule has 8 nitrogen and oxygen atoms in total. The van der Waals surface area contributed by atoms with Crippen molar-refractivity contribution in [2.45, 2.75) is 92.9 Å². The van der Waals surface area contributed by atoms with Gasteiger partial charge in [0.25, 0.3) is 11.8 Å². The van der Waals surface area contributed by atoms with Crippen molar-refractivity contribution in [3.63, 3.8) is 0 Å². The fraction of sp³-hybridized carbons (Fsp3) is 0.310. The molecule has 0 saturated heterocycles. The van der Waals surface area contributed by atoms with Gasteiger partial charge in [0, 0.05) is 49.7 Å². The Morgan fingerprint density at radius 2 is 1.12 bits per heavy atom. The number of hydrogen-bond acceptors (Lipinski definition) is 8. The molecule has 0 bridgehead atoms. The molecule has 0 saturated carbocycles. The van der Waals surface area contributed by atoms with Gasteiger partial charge in [0.1, 0.15) is 11.6 Å². The van der Waals surface area contributed by atoms with Crippen LogP contribution in [0.15, 0.2) is 126 Å². The van der Waals surface area contributed by atoms with Crippen molar-refractivity contribution in [1.29, 1.82) is 5.26 Å². The standard InChI is InChI=1S/C58H60N4O4S3/c1-7-11-14-39(9-3)35-60-54(50-30-28-47(68-50)41-16-13-17-45(32-41)62(43-22-18-37(5)19-23-43)44-24-20-38(6)21-25-44)52-53(57(60)64)55(61(56(52)63)36-40(10-4)15-12-8-2)51-31-29-49(69-51)48-27-26-46(67-48)33-42(34-59)58(65)66/h13,16-33,39-40H,7-12,14-15,35-36H2,1-6H3,(H,65,66)/b42-33-. The Morgan fingerprint density at radius 3 is 1.61 bits per heavy atom. The number of benzene rings is 3. The summed E-state index contributed by atoms with van der Waals surface area (Å²) in [5, 5.41) is 18.9. The van der Waals surface area contributed by atoms with Crippen molar-refractivity contribution in [2.75, 3.05) is 18.0 Å². The van der Waals surface area contributed by atoms with Crippen LogP contribution in [0.5, 0.6) is 0 Å². The van der Waals surface area contributed by atoms with Gasteiger partial charge >= 0.3 is 5.97 Å². The van der Waals surface area contributed by atoms with Crippen LogP contribution < -0.4 is 4.90 Å². The van der Waals surface area contributed by atoms with E-state index in [9.17, 15) is 15.2 Å². The third-order valence-corrected chi connectivity index (χ3v) is 16.8. The number of nitrogens with zero attached hydrogens (tertiary/aromatic N) is 4. The van der Waals surface area contributed by atoms with Gasteiger partial charge in [-0.15, -0.1) is 34.0 Å². The number of unbranched alkanes of at least 4 members (excludes halogenated alkanes) is 2. The number of aliphatic carboxylic acids is 1. The first kappa shape index (κ1) is 49.1. The summed E-state index contributed by atoms with van der Waals surface area (Å²) >= 11 is 4.56. The second-order valence-electron chi connectivity index (χ2n) is 18.2. The number of aryl methyl sites for hydroxylation is 2. The first-order chi connectivity index (χ1) is 33.5. The normalized spacial score (nSPS) is 14.8. The van der Waals surface area contributed by atoms with Gasteiger partial charge in [0.2, 0.25) is 0 Å². The van der Waals surface area contributed by atoms with Gasteiger partial charge in [-0.1, -0.05) is 114 Å². The predicted molar refractivity (Wildman–Crippen MR) is 287 cm³/mol. The molecule has 5 heterocycles. The molecule has 2 aliphatic rings. The van der Waals surface area contributed by atoms with Crippen LogP contribution in [0, 0.1) is 37.0 Å². The molecule has 0 fully saturated rings. The number of hydrogen-bond donors (Lipinski definition) is 1. The number of thiophene rings is 3. The Kier molecular flexibility index (Phi) is 15.6. The molecule has 0 spiro atoms. The minimum Gasteiger partial charge on any atom is -0.477 e. The van der Waals surface area contributed by atoms with Crippen LogP contribution in [0.4, 0.5) is 17.1 Å². The molecule has 3 aromatic carbocycles. The van der Waals surface area contributed by atoms with Crippen molar-refractivity contribution in [3.8, 4) is 26.3 Å². The van der Waals surface area contributed by atoms with Gasteiger partial charge in [0.05, 0.1) is 32.3 Å². The minimum atomic E-state index is -1.27. The number of carboxylic acid groups (broad SMARTS) is 1. The average molecular weight is 973 g/mol. The van der Waals surface area contributed by atoms with Crippen LogP contribution in [0.25, 0.3) is 37.7 Å². The number of anilines is 3. The highest BCUT2D eigenvalue weighted by Crippen LogP contribution is 2.51. The van der Waals surface area contributed by atoms with Gasteiger partial charge in [-0.05, 0) is 123 Å². The fourth-order valence-electron chi connectivity index (χ4n) is 9.31. The lowest BCUT2D eigenvalue weighted by atomic mass is 9.98. The molecule has 8 rings (SSSR count). The lowest BCUT2D eigenvalue weighted by Crippen LogP contribution is -2.34. The molecule has 0 radical (unpaired) electrons. The van der Waals surface area contributed by atoms with E-state index in [0.717, 1.165) is 98.4 Å². The molecule has 6 aromatic rings. The van der Waals surface area contributed by atoms with Crippen molar-refractivity contribution in [3.05, 3.63) is 152 Å². The van der Waals surface area contributed by atoms with Crippen LogP contribution in [0.2, 0.25) is 0 Å². The highest BCUT2D eigenvalue weighted by atomic mass is 32.1. The van der Waals surface area contributed by atoms with E-state index >= 15 is 9.59 Å². The van der Waals surface area contributed by atoms with Crippen LogP contribution in [-0.2, 0) is 14.4 Å². The summed E-state index contributed by atoms with van der Waals surface area (Å²) < 4.78 is 0. The number of carbonyl (C=O) groups is 3. The van der Waals surface area contributed by atoms with Crippen LogP contribution in [0.1, 0.15) is 105 Å². The van der Waals surface area contributed by atoms with Gasteiger partial charge < -0.3 is 19.8 Å². The van der Waals surface area contributed by atoms with Crippen LogP contribution >= 0.6 is 34.0 Å². The monoisotopic (exact) mass is 972 g/mol. The second kappa shape index (κ2) is 22.0. The third kappa shape index (κ3) is 10.5. The molecule has 2 amide bonds. The average Bonchev–Trinajstić information content (AvgIpc) is 4.21. The lowest BCUT2D eigenvalue weighted by Gasteiger charge is -2.29. The molecule has 1 N–H and O–H groups in total. The summed E-state index contributed by atoms with van der Waals surface area (Å²) in [5.74, 6) is -0.992. The van der Waals surface area contributed by atoms with E-state index in [4.69, 9.17) is 0 Å². The van der Waals surface area contributed by atoms with Gasteiger partial charge in [0.15, 0.2) is 0 Å². The third-order valence-electron chi connectivity index (χ3n) is 13.3. The smallest absolute Gasteiger partial charge is 0.346 e. The summed E-state index contributed by atoms with van der Waals surface area (Å²) in [6.45, 7) is 14.0. The van der Waals surface area contributed by atoms with Crippen LogP contribution in [-0.4, -0.2) is 45.8 Å². The van der Waals surface area contributed by atoms with Gasteiger partial charge in [-0.2, -0.15) is 5.26 Å². The first-order valence-electron chi connectivity index (χ1n) is 24.3. The highest BCUT2D eigenvalue weighted by Gasteiger charge is 2.50. The number of fused-ring (bicyclic) bond motifs is 1. The second-order valence-corrected chi connectivity index (χ2v) is 21.5. The molecule has 2 aliphatic heterocycles. The van der Waals surface area contributed by atoms with Gasteiger partial charge in [-0.25, -0.2) is 4.79 Å². The zero-order valence-electron chi connectivity index (χ0n) is 40.4. The van der Waals surface area contributed by atoms with Crippen molar-refractivity contribution >= 4 is 86.3 Å². The maximum absolute atomic E-state index is 15.4. The summed E-state index contributed by atoms with van der Waals surface area (Å²) in [6.07, 6.45) is 9.46. The number of rotatable bonds is 21. The molecule has 11 heteroatoms. The Bertz CT molecular complexity index is 2930. The highest BCUT2D eigenvalue weighted by molar-refractivity contribution is 7.23. The number of carbonyl (C=O) groups excluding carboxylic acids is 2. The molecule has 2 atom stereocenters. The zero-order valence-corrected chi connectivity index (χ0v) is 42.8. The maximum atomic E-state index is 15.4. The summed E-state index contributed by atoms with van der Waals surface area (Å²) in [6, 6.07) is 39.6. The Hall–Kier alpha value is -6.32. The molecular weight excluding hydrogens is 913 g/mol. The molecule has 0 aliphatic carbocycles. The molecular formula is C58H60N4O4S3. The zero-order chi connectivity index (χ0) is 48.8. The van der Waals surface area contributed by atoms with Crippen molar-refractivity contribution in [2.24, 2.45) is 11.8 Å². The SMILES string of the molecule is CCCCC(CC)CN1C(=O)C2=C(c3ccc(-c4ccc(/C=C(/C#N)C(=O)O)s4)s3)N(CC(CC)CCCC)C(=O)C2=C1c1ccc(-c2cccc(N(c3ccc(C)cc3)c3ccc(C)cc3)c2)s1. The Morgan fingerprint density at radius 1 is 0.638 bits per heavy atom. The molecule has 69 heavy (non-hydrogen) atoms. The minimum absolute atomic E-state index is 0.123. The first-order valence-corrected chi connectivity index (χ1v) is 26.7. The Labute approximate surface area is 419 Å². The topological polar surface area (TPSA) is 105 Å². The Balaban J connectivity index is 1.25. The van der Waals surface area contributed by atoms with E-state index in [0.29, 0.717) is 40.5 Å². The summed E-state index contributed by atoms with van der Waals surface area (Å²) in [7, 11) is 0. The van der Waals surface area contributed by atoms with E-state index in [1.165, 1.54) is 39.9 Å². The van der Waals surface area contributed by atoms with E-state index in [1.54, 1.807) is 17.4 Å². The van der Waals surface area contributed by atoms with Crippen molar-refractivity contribution < 1.29 is 19.5 Å². The summed E-state index contributed by atoms with van der Waals surface area (Å²) in [5.41, 5.74) is 8.63. The van der Waals surface area contributed by atoms with E-state index in [1.807, 2.05) is 34.1 Å². The molecule has 2 unspecified atom stereocenters. The van der Waals surface area contributed by atoms with E-state index < -0.39 is 5.97 Å². The largest absolute Gasteiger partial charge is 0.477 e. The number of amides is 2. The number of carboxylic acids is 1. The molecule has 3 aromatic heterocycles. The van der Waals surface area contributed by atoms with E-state index in [2.05, 4.69) is 131 Å². The van der Waals surface area contributed by atoms with Gasteiger partial charge in [-0.3, -0.25) is 9.59 Å². The van der Waals surface area contributed by atoms with Crippen LogP contribution in [0.3, 0.4) is 0 Å². The summed E-state index contributed by atoms with van der Waals surface area (Å²) in [4.78, 5) is 53.9. The quantitative estimate of drug-likeness (QED) is 0.0569.